The Hall–Kier alpha value is -0.570. The molecular formula is C11H20O3. The van der Waals surface area contributed by atoms with E-state index in [0.717, 1.165) is 0 Å². The van der Waals surface area contributed by atoms with Crippen LogP contribution >= 0.6 is 0 Å². The molecule has 1 rings (SSSR count). The summed E-state index contributed by atoms with van der Waals surface area (Å²) >= 11 is 0. The summed E-state index contributed by atoms with van der Waals surface area (Å²) in [5, 5.41) is 8.92. The largest absolute Gasteiger partial charge is 0.479 e. The lowest BCUT2D eigenvalue weighted by atomic mass is 9.98. The monoisotopic (exact) mass is 200 g/mol. The van der Waals surface area contributed by atoms with Crippen molar-refractivity contribution in [3.63, 3.8) is 0 Å². The third kappa shape index (κ3) is 4.61. The molecule has 0 saturated heterocycles. The third-order valence-corrected chi connectivity index (χ3v) is 2.24. The second-order valence-corrected chi connectivity index (χ2v) is 5.38. The molecule has 1 aliphatic carbocycles. The highest BCUT2D eigenvalue weighted by atomic mass is 16.5. The first-order chi connectivity index (χ1) is 6.38. The van der Waals surface area contributed by atoms with Gasteiger partial charge in [-0.05, 0) is 17.8 Å². The maximum Gasteiger partial charge on any atom is 0.332 e. The lowest BCUT2D eigenvalue weighted by Gasteiger charge is -2.21. The van der Waals surface area contributed by atoms with Gasteiger partial charge in [0.15, 0.2) is 6.10 Å². The van der Waals surface area contributed by atoms with Gasteiger partial charge in [-0.15, -0.1) is 0 Å². The number of carboxylic acid groups (broad SMARTS) is 1. The summed E-state index contributed by atoms with van der Waals surface area (Å²) in [6, 6.07) is 0. The van der Waals surface area contributed by atoms with Crippen LogP contribution in [0, 0.1) is 11.3 Å². The van der Waals surface area contributed by atoms with Gasteiger partial charge < -0.3 is 9.84 Å². The first kappa shape index (κ1) is 11.5. The number of ether oxygens (including phenoxy) is 1. The van der Waals surface area contributed by atoms with Crippen molar-refractivity contribution in [2.75, 3.05) is 6.61 Å². The van der Waals surface area contributed by atoms with Crippen molar-refractivity contribution in [1.82, 2.24) is 0 Å². The van der Waals surface area contributed by atoms with E-state index in [4.69, 9.17) is 9.84 Å². The Labute approximate surface area is 85.5 Å². The lowest BCUT2D eigenvalue weighted by Crippen LogP contribution is -2.28. The summed E-state index contributed by atoms with van der Waals surface area (Å²) in [5.74, 6) is -0.225. The van der Waals surface area contributed by atoms with E-state index in [0.29, 0.717) is 18.9 Å². The molecule has 0 radical (unpaired) electrons. The Kier molecular flexibility index (Phi) is 3.53. The average molecular weight is 200 g/mol. The molecule has 3 heteroatoms. The zero-order chi connectivity index (χ0) is 10.8. The summed E-state index contributed by atoms with van der Waals surface area (Å²) in [5.41, 5.74) is 0.0389. The normalized spacial score (nSPS) is 19.4. The number of carbonyl (C=O) groups is 1. The van der Waals surface area contributed by atoms with E-state index in [-0.39, 0.29) is 5.41 Å². The predicted octanol–water partition coefficient (Wildman–Crippen LogP) is 2.30. The van der Waals surface area contributed by atoms with Crippen LogP contribution in [0.1, 0.15) is 40.0 Å². The van der Waals surface area contributed by atoms with Gasteiger partial charge in [-0.3, -0.25) is 0 Å². The van der Waals surface area contributed by atoms with Gasteiger partial charge in [0.2, 0.25) is 0 Å². The highest BCUT2D eigenvalue weighted by Crippen LogP contribution is 2.34. The van der Waals surface area contributed by atoms with Gasteiger partial charge in [-0.25, -0.2) is 4.79 Å². The van der Waals surface area contributed by atoms with Gasteiger partial charge in [0.25, 0.3) is 0 Å². The molecule has 82 valence electrons. The van der Waals surface area contributed by atoms with E-state index in [1.54, 1.807) is 0 Å². The van der Waals surface area contributed by atoms with Crippen molar-refractivity contribution < 1.29 is 14.6 Å². The Balaban J connectivity index is 2.31. The van der Waals surface area contributed by atoms with E-state index >= 15 is 0 Å². The van der Waals surface area contributed by atoms with Crippen LogP contribution in [0.25, 0.3) is 0 Å². The molecule has 1 aliphatic rings. The fourth-order valence-electron chi connectivity index (χ4n) is 1.25. The molecule has 0 aromatic rings. The highest BCUT2D eigenvalue weighted by Gasteiger charge is 2.30. The minimum Gasteiger partial charge on any atom is -0.479 e. The lowest BCUT2D eigenvalue weighted by molar-refractivity contribution is -0.152. The van der Waals surface area contributed by atoms with Crippen molar-refractivity contribution in [2.24, 2.45) is 11.3 Å². The standard InChI is InChI=1S/C11H20O3/c1-11(2,3)7-14-9(10(12)13)6-8-4-5-8/h8-9H,4-7H2,1-3H3,(H,12,13). The number of carboxylic acids is 1. The zero-order valence-electron chi connectivity index (χ0n) is 9.25. The third-order valence-electron chi connectivity index (χ3n) is 2.24. The highest BCUT2D eigenvalue weighted by molar-refractivity contribution is 5.72. The first-order valence-corrected chi connectivity index (χ1v) is 5.23. The Morgan fingerprint density at radius 1 is 1.50 bits per heavy atom. The van der Waals surface area contributed by atoms with Crippen molar-refractivity contribution in [3.8, 4) is 0 Å². The molecule has 1 saturated carbocycles. The first-order valence-electron chi connectivity index (χ1n) is 5.23. The van der Waals surface area contributed by atoms with Crippen LogP contribution in [0.5, 0.6) is 0 Å². The molecule has 0 aliphatic heterocycles. The average Bonchev–Trinajstić information content (AvgIpc) is 2.78. The molecule has 0 amide bonds. The van der Waals surface area contributed by atoms with E-state index < -0.39 is 12.1 Å². The van der Waals surface area contributed by atoms with Crippen molar-refractivity contribution in [3.05, 3.63) is 0 Å². The topological polar surface area (TPSA) is 46.5 Å². The van der Waals surface area contributed by atoms with Crippen molar-refractivity contribution in [1.29, 1.82) is 0 Å². The van der Waals surface area contributed by atoms with Crippen LogP contribution in [0.2, 0.25) is 0 Å². The smallest absolute Gasteiger partial charge is 0.332 e. The van der Waals surface area contributed by atoms with Crippen molar-refractivity contribution in [2.45, 2.75) is 46.1 Å². The van der Waals surface area contributed by atoms with Crippen LogP contribution in [0.3, 0.4) is 0 Å². The molecule has 0 bridgehead atoms. The molecule has 1 fully saturated rings. The number of rotatable bonds is 5. The molecule has 0 aromatic carbocycles. The second-order valence-electron chi connectivity index (χ2n) is 5.38. The SMILES string of the molecule is CC(C)(C)COC(CC1CC1)C(=O)O. The summed E-state index contributed by atoms with van der Waals surface area (Å²) in [6.45, 7) is 6.64. The molecule has 0 spiro atoms. The molecule has 0 aromatic heterocycles. The Bertz CT molecular complexity index is 201. The zero-order valence-corrected chi connectivity index (χ0v) is 9.25. The van der Waals surface area contributed by atoms with Crippen LogP contribution in [0.4, 0.5) is 0 Å². The minimum absolute atomic E-state index is 0.0389. The maximum absolute atomic E-state index is 10.9. The molecule has 14 heavy (non-hydrogen) atoms. The fraction of sp³-hybridized carbons (Fsp3) is 0.909. The van der Waals surface area contributed by atoms with E-state index in [1.807, 2.05) is 20.8 Å². The maximum atomic E-state index is 10.9. The van der Waals surface area contributed by atoms with Gasteiger partial charge in [-0.2, -0.15) is 0 Å². The summed E-state index contributed by atoms with van der Waals surface area (Å²) in [6.07, 6.45) is 2.43. The molecular weight excluding hydrogens is 180 g/mol. The molecule has 1 N–H and O–H groups in total. The molecule has 1 atom stereocenters. The van der Waals surface area contributed by atoms with Crippen LogP contribution in [-0.4, -0.2) is 23.8 Å². The Morgan fingerprint density at radius 3 is 2.43 bits per heavy atom. The van der Waals surface area contributed by atoms with E-state index in [9.17, 15) is 4.79 Å². The van der Waals surface area contributed by atoms with Gasteiger partial charge in [0, 0.05) is 0 Å². The van der Waals surface area contributed by atoms with Crippen LogP contribution in [-0.2, 0) is 9.53 Å². The number of hydrogen-bond acceptors (Lipinski definition) is 2. The Morgan fingerprint density at radius 2 is 2.07 bits per heavy atom. The van der Waals surface area contributed by atoms with Gasteiger partial charge in [0.1, 0.15) is 0 Å². The summed E-state index contributed by atoms with van der Waals surface area (Å²) in [7, 11) is 0. The summed E-state index contributed by atoms with van der Waals surface area (Å²) < 4.78 is 5.42. The van der Waals surface area contributed by atoms with Crippen LogP contribution in [0.15, 0.2) is 0 Å². The van der Waals surface area contributed by atoms with Crippen LogP contribution < -0.4 is 0 Å². The van der Waals surface area contributed by atoms with Gasteiger partial charge >= 0.3 is 5.97 Å². The fourth-order valence-corrected chi connectivity index (χ4v) is 1.25. The molecule has 3 nitrogen and oxygen atoms in total. The predicted molar refractivity (Wildman–Crippen MR) is 54.2 cm³/mol. The van der Waals surface area contributed by atoms with Gasteiger partial charge in [-0.1, -0.05) is 33.6 Å². The van der Waals surface area contributed by atoms with E-state index in [2.05, 4.69) is 0 Å². The second kappa shape index (κ2) is 4.30. The number of aliphatic carboxylic acids is 1. The van der Waals surface area contributed by atoms with Crippen molar-refractivity contribution >= 4 is 5.97 Å². The quantitative estimate of drug-likeness (QED) is 0.740. The van der Waals surface area contributed by atoms with Gasteiger partial charge in [0.05, 0.1) is 6.61 Å². The molecule has 0 heterocycles. The molecule has 1 unspecified atom stereocenters. The summed E-state index contributed by atoms with van der Waals surface area (Å²) in [4.78, 5) is 10.9. The number of hydrogen-bond donors (Lipinski definition) is 1. The van der Waals surface area contributed by atoms with E-state index in [1.165, 1.54) is 12.8 Å². The minimum atomic E-state index is -0.818.